The second-order valence-electron chi connectivity index (χ2n) is 21.1. The van der Waals surface area contributed by atoms with Crippen LogP contribution in [0.4, 0.5) is 0 Å². The number of rotatable bonds is 48. The van der Waals surface area contributed by atoms with Gasteiger partial charge in [0.25, 0.3) is 0 Å². The van der Waals surface area contributed by atoms with Gasteiger partial charge in [-0.05, 0) is 105 Å². The maximum atomic E-state index is 9.81. The smallest absolute Gasteiger partial charge is 0.165 e. The van der Waals surface area contributed by atoms with Gasteiger partial charge in [0.05, 0.1) is 109 Å². The van der Waals surface area contributed by atoms with Crippen LogP contribution in [0.2, 0.25) is 0 Å². The highest BCUT2D eigenvalue weighted by Crippen LogP contribution is 2.20. The largest absolute Gasteiger partial charge is 0.490 e. The quantitative estimate of drug-likeness (QED) is 0.0210. The van der Waals surface area contributed by atoms with Gasteiger partial charge in [-0.1, -0.05) is 102 Å². The molecular formula is C63H124O21. The Morgan fingerprint density at radius 3 is 1.64 bits per heavy atom. The molecule has 0 radical (unpaired) electrons. The minimum Gasteiger partial charge on any atom is -0.490 e. The van der Waals surface area contributed by atoms with Gasteiger partial charge in [-0.25, -0.2) is 0 Å². The second-order valence-corrected chi connectivity index (χ2v) is 21.1. The third-order valence-corrected chi connectivity index (χ3v) is 11.7. The maximum Gasteiger partial charge on any atom is 0.165 e. The first-order valence-electron chi connectivity index (χ1n) is 30.3. The minimum atomic E-state index is -1.29. The first-order chi connectivity index (χ1) is 40.0. The van der Waals surface area contributed by atoms with Crippen molar-refractivity contribution < 1.29 is 105 Å². The molecule has 21 nitrogen and oxygen atoms in total. The van der Waals surface area contributed by atoms with E-state index in [1.807, 2.05) is 50.3 Å². The van der Waals surface area contributed by atoms with Crippen LogP contribution in [0.15, 0.2) is 55.7 Å². The summed E-state index contributed by atoms with van der Waals surface area (Å²) in [4.78, 5) is 0. The summed E-state index contributed by atoms with van der Waals surface area (Å²) in [7, 11) is 0. The minimum absolute atomic E-state index is 0.0205. The predicted molar refractivity (Wildman–Crippen MR) is 331 cm³/mol. The highest BCUT2D eigenvalue weighted by atomic mass is 16.7. The summed E-state index contributed by atoms with van der Waals surface area (Å²) < 4.78 is 36.2. The van der Waals surface area contributed by atoms with Gasteiger partial charge in [0.2, 0.25) is 0 Å². The summed E-state index contributed by atoms with van der Waals surface area (Å²) in [6.45, 7) is 24.5. The fourth-order valence-corrected chi connectivity index (χ4v) is 6.79. The van der Waals surface area contributed by atoms with Crippen LogP contribution in [0, 0.1) is 5.41 Å². The number of aliphatic hydroxyl groups is 14. The molecule has 21 heteroatoms. The van der Waals surface area contributed by atoms with Gasteiger partial charge in [-0.2, -0.15) is 0 Å². The molecule has 0 heterocycles. The Bertz CT molecular complexity index is 1480. The van der Waals surface area contributed by atoms with E-state index in [1.54, 1.807) is 32.9 Å². The number of aliphatic hydroxyl groups excluding tert-OH is 13. The number of unbranched alkanes of at least 4 members (excludes halogenated alkanes) is 5. The van der Waals surface area contributed by atoms with Crippen molar-refractivity contribution in [3.05, 3.63) is 61.2 Å². The van der Waals surface area contributed by atoms with Crippen LogP contribution >= 0.6 is 0 Å². The van der Waals surface area contributed by atoms with Crippen molar-refractivity contribution in [1.29, 1.82) is 0 Å². The van der Waals surface area contributed by atoms with E-state index in [0.717, 1.165) is 63.4 Å². The Morgan fingerprint density at radius 1 is 0.560 bits per heavy atom. The van der Waals surface area contributed by atoms with Crippen molar-refractivity contribution in [3.63, 3.8) is 0 Å². The highest BCUT2D eigenvalue weighted by molar-refractivity contribution is 5.56. The van der Waals surface area contributed by atoms with Crippen LogP contribution in [0.5, 0.6) is 5.75 Å². The highest BCUT2D eigenvalue weighted by Gasteiger charge is 2.22. The summed E-state index contributed by atoms with van der Waals surface area (Å²) in [5.74, 6) is -0.580. The van der Waals surface area contributed by atoms with Gasteiger partial charge in [0.15, 0.2) is 5.79 Å². The van der Waals surface area contributed by atoms with E-state index in [-0.39, 0.29) is 70.7 Å². The van der Waals surface area contributed by atoms with E-state index in [2.05, 4.69) is 27.0 Å². The van der Waals surface area contributed by atoms with Gasteiger partial charge in [0, 0.05) is 43.8 Å². The monoisotopic (exact) mass is 1220 g/mol. The lowest BCUT2D eigenvalue weighted by Crippen LogP contribution is -2.31. The molecule has 0 bridgehead atoms. The van der Waals surface area contributed by atoms with E-state index in [1.165, 1.54) is 26.2 Å². The number of hydrogen-bond acceptors (Lipinski definition) is 21. The van der Waals surface area contributed by atoms with Crippen molar-refractivity contribution in [2.24, 2.45) is 5.41 Å². The third kappa shape index (κ3) is 68.6. The molecule has 0 aliphatic heterocycles. The Balaban J connectivity index is -0.000000302. The zero-order valence-corrected chi connectivity index (χ0v) is 53.1. The molecule has 1 aromatic carbocycles. The first kappa shape index (κ1) is 90.2. The number of hydrogen-bond donors (Lipinski definition) is 14. The summed E-state index contributed by atoms with van der Waals surface area (Å²) >= 11 is 0. The van der Waals surface area contributed by atoms with Crippen LogP contribution < -0.4 is 4.74 Å². The average molecular weight is 1220 g/mol. The van der Waals surface area contributed by atoms with E-state index in [0.29, 0.717) is 90.7 Å². The van der Waals surface area contributed by atoms with Crippen molar-refractivity contribution in [3.8, 4) is 5.75 Å². The number of allylic oxidation sites excluding steroid dienone is 1. The zero-order valence-electron chi connectivity index (χ0n) is 53.1. The molecule has 0 amide bonds. The van der Waals surface area contributed by atoms with Crippen molar-refractivity contribution in [1.82, 2.24) is 0 Å². The molecule has 0 aromatic heterocycles. The molecule has 14 N–H and O–H groups in total. The summed E-state index contributed by atoms with van der Waals surface area (Å²) in [6, 6.07) is 7.55. The van der Waals surface area contributed by atoms with Crippen LogP contribution in [-0.4, -0.2) is 232 Å². The summed E-state index contributed by atoms with van der Waals surface area (Å²) in [5.41, 5.74) is 0.438. The third-order valence-electron chi connectivity index (χ3n) is 11.7. The first-order valence-corrected chi connectivity index (χ1v) is 30.3. The van der Waals surface area contributed by atoms with E-state index in [4.69, 9.17) is 84.2 Å². The molecule has 502 valence electrons. The topological polar surface area (TPSA) is 348 Å². The average Bonchev–Trinajstić information content (AvgIpc) is 3.46. The van der Waals surface area contributed by atoms with Gasteiger partial charge < -0.3 is 105 Å². The van der Waals surface area contributed by atoms with Crippen LogP contribution in [0.1, 0.15) is 170 Å². The van der Waals surface area contributed by atoms with Crippen molar-refractivity contribution in [2.45, 2.75) is 219 Å². The number of benzene rings is 1. The van der Waals surface area contributed by atoms with Crippen LogP contribution in [0.3, 0.4) is 0 Å². The van der Waals surface area contributed by atoms with Gasteiger partial charge in [0.1, 0.15) is 25.3 Å². The van der Waals surface area contributed by atoms with Crippen LogP contribution in [-0.2, 0) is 28.4 Å². The summed E-state index contributed by atoms with van der Waals surface area (Å²) in [6.07, 6.45) is 18.8. The lowest BCUT2D eigenvalue weighted by molar-refractivity contribution is -0.229. The van der Waals surface area contributed by atoms with E-state index >= 15 is 0 Å². The molecule has 0 aliphatic rings. The number of para-hydroxylation sites is 1. The van der Waals surface area contributed by atoms with Gasteiger partial charge >= 0.3 is 0 Å². The Kier molecular flexibility index (Phi) is 71.3. The molecule has 0 spiro atoms. The van der Waals surface area contributed by atoms with E-state index in [9.17, 15) is 20.4 Å². The Labute approximate surface area is 506 Å². The molecular weight excluding hydrogens is 1090 g/mol. The summed E-state index contributed by atoms with van der Waals surface area (Å²) in [5, 5.41) is 126. The normalized spacial score (nSPS) is 14.4. The maximum absolute atomic E-state index is 9.81. The molecule has 8 atom stereocenters. The lowest BCUT2D eigenvalue weighted by atomic mass is 9.95. The molecule has 0 fully saturated rings. The number of ether oxygens (including phenoxy) is 7. The lowest BCUT2D eigenvalue weighted by Gasteiger charge is -2.23. The second kappa shape index (κ2) is 66.4. The fraction of sp³-hybridized carbons (Fsp3) is 0.810. The molecule has 0 aliphatic carbocycles. The molecule has 0 saturated heterocycles. The van der Waals surface area contributed by atoms with Crippen LogP contribution in [0.25, 0.3) is 6.08 Å². The molecule has 0 saturated carbocycles. The van der Waals surface area contributed by atoms with E-state index < -0.39 is 42.4 Å². The molecule has 1 rings (SSSR count). The molecule has 1 aromatic rings. The Morgan fingerprint density at radius 2 is 1.12 bits per heavy atom. The zero-order chi connectivity index (χ0) is 64.7. The fourth-order valence-electron chi connectivity index (χ4n) is 6.79. The molecule has 84 heavy (non-hydrogen) atoms. The van der Waals surface area contributed by atoms with Crippen molar-refractivity contribution >= 4 is 6.08 Å². The molecule has 8 unspecified atom stereocenters. The SMILES string of the molecule is C=CCOC(CCO)CCO.C=CCOCC(C)(CO)CO.CC(O)COCCCCC(O)CCCCC(C)(O)OCO.CC=Cc1ccccc1OCC(O)CO.CCCC(C)OCC(O)CCO.CCCCCCC(O)COCC(C)O. The van der Waals surface area contributed by atoms with Gasteiger partial charge in [-0.15, -0.1) is 13.2 Å². The predicted octanol–water partition coefficient (Wildman–Crippen LogP) is 5.75. The standard InChI is InChI=1S/C15H32O6.C12H16O3.C11H24O3.C9H20O3.2C8H16O3/c1-13(17)11-20-10-6-4-8-14(18)7-3-5-9-15(2,19)21-12-16;1-2-5-10-6-3-4-7-12(10)15-9-11(14)8-13;1-3-4-5-6-7-11(13)9-14-8-10(2)12;1-3-4-8(2)12-7-9(11)5-6-10;1-3-4-11-7-8(2,5-9)6-10;1-2-7-11-8(3-5-9)4-6-10/h13-14,16-19H,3-12H2,1-2H3;2-7,11,13-14H,8-9H2,1H3;10-13H,3-9H2,1-2H3;8-11H,3-7H2,1-2H3;3,9-10H,1,4-7H2,2H3;2,8-10H,1,3-7H2. The van der Waals surface area contributed by atoms with Crippen molar-refractivity contribution in [2.75, 3.05) is 106 Å². The van der Waals surface area contributed by atoms with Gasteiger partial charge in [-0.3, -0.25) is 0 Å². The Hall–Kier alpha value is -2.56.